The third kappa shape index (κ3) is 2.52. The van der Waals surface area contributed by atoms with E-state index in [-0.39, 0.29) is 23.8 Å². The minimum atomic E-state index is -0.257. The van der Waals surface area contributed by atoms with Gasteiger partial charge < -0.3 is 15.3 Å². The number of anilines is 1. The summed E-state index contributed by atoms with van der Waals surface area (Å²) in [6.07, 6.45) is 1.01. The van der Waals surface area contributed by atoms with Crippen molar-refractivity contribution >= 4 is 11.6 Å². The zero-order chi connectivity index (χ0) is 14.1. The normalized spacial score (nSPS) is 28.9. The molecule has 1 aromatic rings. The molecule has 0 aromatic heterocycles. The summed E-state index contributed by atoms with van der Waals surface area (Å²) in [6.45, 7) is 4.22. The molecule has 2 aliphatic rings. The number of para-hydroxylation sites is 1. The number of aliphatic hydroxyl groups excluding tert-OH is 1. The van der Waals surface area contributed by atoms with E-state index in [2.05, 4.69) is 17.4 Å². The van der Waals surface area contributed by atoms with Crippen molar-refractivity contribution in [2.24, 2.45) is 5.92 Å². The van der Waals surface area contributed by atoms with Crippen molar-refractivity contribution in [3.8, 4) is 0 Å². The summed E-state index contributed by atoms with van der Waals surface area (Å²) in [5, 5.41) is 13.1. The first-order valence-corrected chi connectivity index (χ1v) is 7.44. The molecule has 0 aliphatic carbocycles. The average Bonchev–Trinajstić information content (AvgIpc) is 2.85. The fraction of sp³-hybridized carbons (Fsp3) is 0.562. The van der Waals surface area contributed by atoms with E-state index in [0.29, 0.717) is 25.9 Å². The van der Waals surface area contributed by atoms with Gasteiger partial charge in [-0.3, -0.25) is 4.79 Å². The first-order chi connectivity index (χ1) is 9.65. The largest absolute Gasteiger partial charge is 0.393 e. The number of amides is 1. The lowest BCUT2D eigenvalue weighted by Gasteiger charge is -2.35. The molecule has 2 N–H and O–H groups in total. The van der Waals surface area contributed by atoms with Gasteiger partial charge in [0.1, 0.15) is 0 Å². The van der Waals surface area contributed by atoms with Gasteiger partial charge >= 0.3 is 0 Å². The zero-order valence-electron chi connectivity index (χ0n) is 11.9. The average molecular weight is 274 g/mol. The van der Waals surface area contributed by atoms with Crippen LogP contribution in [0.5, 0.6) is 0 Å². The fourth-order valence-electron chi connectivity index (χ4n) is 3.24. The maximum absolute atomic E-state index is 12.4. The Morgan fingerprint density at radius 1 is 1.45 bits per heavy atom. The van der Waals surface area contributed by atoms with Crippen LogP contribution in [0.1, 0.15) is 31.2 Å². The second-order valence-electron chi connectivity index (χ2n) is 6.04. The van der Waals surface area contributed by atoms with Gasteiger partial charge in [-0.15, -0.1) is 0 Å². The van der Waals surface area contributed by atoms with E-state index in [1.807, 2.05) is 24.0 Å². The fourth-order valence-corrected chi connectivity index (χ4v) is 3.24. The summed E-state index contributed by atoms with van der Waals surface area (Å²) in [5.41, 5.74) is 2.42. The van der Waals surface area contributed by atoms with Crippen molar-refractivity contribution in [2.45, 2.75) is 31.8 Å². The van der Waals surface area contributed by atoms with Crippen molar-refractivity contribution in [3.05, 3.63) is 29.8 Å². The molecule has 1 saturated heterocycles. The van der Waals surface area contributed by atoms with Crippen LogP contribution in [0.15, 0.2) is 24.3 Å². The number of carbonyl (C=O) groups is 1. The monoisotopic (exact) mass is 274 g/mol. The van der Waals surface area contributed by atoms with E-state index in [1.165, 1.54) is 5.56 Å². The molecule has 1 fully saturated rings. The number of rotatable bonds is 2. The molecule has 0 radical (unpaired) electrons. The van der Waals surface area contributed by atoms with Crippen LogP contribution in [0.4, 0.5) is 5.69 Å². The first kappa shape index (κ1) is 13.4. The molecule has 0 saturated carbocycles. The third-order valence-corrected chi connectivity index (χ3v) is 4.57. The van der Waals surface area contributed by atoms with Crippen LogP contribution < -0.4 is 5.32 Å². The Bertz CT molecular complexity index is 503. The number of carbonyl (C=O) groups excluding carboxylic acids is 1. The van der Waals surface area contributed by atoms with Crippen LogP contribution >= 0.6 is 0 Å². The second-order valence-corrected chi connectivity index (χ2v) is 6.04. The van der Waals surface area contributed by atoms with Crippen LogP contribution in [0, 0.1) is 5.92 Å². The Kier molecular flexibility index (Phi) is 3.66. The lowest BCUT2D eigenvalue weighted by Crippen LogP contribution is -2.45. The smallest absolute Gasteiger partial charge is 0.223 e. The molecule has 4 nitrogen and oxygen atoms in total. The molecule has 1 amide bonds. The van der Waals surface area contributed by atoms with Crippen LogP contribution in [0.3, 0.4) is 0 Å². The summed E-state index contributed by atoms with van der Waals surface area (Å²) >= 11 is 0. The number of fused-ring (bicyclic) bond motifs is 1. The van der Waals surface area contributed by atoms with Gasteiger partial charge in [0.25, 0.3) is 0 Å². The van der Waals surface area contributed by atoms with Gasteiger partial charge in [-0.2, -0.15) is 0 Å². The Hall–Kier alpha value is -1.55. The predicted octanol–water partition coefficient (Wildman–Crippen LogP) is 1.82. The lowest BCUT2D eigenvalue weighted by atomic mass is 9.94. The molecule has 2 heterocycles. The Balaban J connectivity index is 1.63. The summed E-state index contributed by atoms with van der Waals surface area (Å²) in [5.74, 6) is 0.676. The third-order valence-electron chi connectivity index (χ3n) is 4.57. The van der Waals surface area contributed by atoms with Crippen LogP contribution in [0.2, 0.25) is 0 Å². The van der Waals surface area contributed by atoms with E-state index >= 15 is 0 Å². The number of hydrogen-bond acceptors (Lipinski definition) is 3. The summed E-state index contributed by atoms with van der Waals surface area (Å²) in [6, 6.07) is 8.22. The molecule has 2 aliphatic heterocycles. The molecule has 0 bridgehead atoms. The van der Waals surface area contributed by atoms with Crippen LogP contribution in [-0.2, 0) is 4.79 Å². The first-order valence-electron chi connectivity index (χ1n) is 7.44. The second kappa shape index (κ2) is 5.44. The van der Waals surface area contributed by atoms with Gasteiger partial charge in [-0.05, 0) is 24.0 Å². The Labute approximate surface area is 119 Å². The van der Waals surface area contributed by atoms with Crippen molar-refractivity contribution in [1.29, 1.82) is 0 Å². The highest BCUT2D eigenvalue weighted by Gasteiger charge is 2.30. The molecule has 3 atom stereocenters. The molecule has 3 rings (SSSR count). The molecular weight excluding hydrogens is 252 g/mol. The van der Waals surface area contributed by atoms with Crippen molar-refractivity contribution < 1.29 is 9.90 Å². The van der Waals surface area contributed by atoms with Gasteiger partial charge in [0.15, 0.2) is 0 Å². The maximum Gasteiger partial charge on any atom is 0.223 e. The Morgan fingerprint density at radius 3 is 3.05 bits per heavy atom. The van der Waals surface area contributed by atoms with Crippen molar-refractivity contribution in [2.75, 3.05) is 25.0 Å². The van der Waals surface area contributed by atoms with Crippen molar-refractivity contribution in [1.82, 2.24) is 4.90 Å². The molecule has 0 spiro atoms. The summed E-state index contributed by atoms with van der Waals surface area (Å²) < 4.78 is 0. The molecule has 1 aromatic carbocycles. The maximum atomic E-state index is 12.4. The molecule has 108 valence electrons. The standard InChI is InChI=1S/C16H22N2O2/c1-11-10-18(7-6-15(11)19)16(20)8-12-9-17-14-5-3-2-4-13(12)14/h2-5,11-12,15,17,19H,6-10H2,1H3. The van der Waals surface area contributed by atoms with Gasteiger partial charge in [0.05, 0.1) is 6.10 Å². The van der Waals surface area contributed by atoms with Crippen LogP contribution in [-0.4, -0.2) is 41.7 Å². The predicted molar refractivity (Wildman–Crippen MR) is 78.7 cm³/mol. The van der Waals surface area contributed by atoms with Crippen LogP contribution in [0.25, 0.3) is 0 Å². The lowest BCUT2D eigenvalue weighted by molar-refractivity contribution is -0.135. The van der Waals surface area contributed by atoms with E-state index in [0.717, 1.165) is 12.2 Å². The minimum Gasteiger partial charge on any atom is -0.393 e. The van der Waals surface area contributed by atoms with E-state index < -0.39 is 0 Å². The molecule has 3 unspecified atom stereocenters. The topological polar surface area (TPSA) is 52.6 Å². The minimum absolute atomic E-state index is 0.182. The number of likely N-dealkylation sites (tertiary alicyclic amines) is 1. The quantitative estimate of drug-likeness (QED) is 0.865. The highest BCUT2D eigenvalue weighted by molar-refractivity contribution is 5.78. The number of benzene rings is 1. The van der Waals surface area contributed by atoms with Gasteiger partial charge in [0.2, 0.25) is 5.91 Å². The number of hydrogen-bond donors (Lipinski definition) is 2. The van der Waals surface area contributed by atoms with Gasteiger partial charge in [-0.25, -0.2) is 0 Å². The number of nitrogens with one attached hydrogen (secondary N) is 1. The highest BCUT2D eigenvalue weighted by atomic mass is 16.3. The summed E-state index contributed by atoms with van der Waals surface area (Å²) in [7, 11) is 0. The molecular formula is C16H22N2O2. The van der Waals surface area contributed by atoms with E-state index in [9.17, 15) is 9.90 Å². The SMILES string of the molecule is CC1CN(C(=O)CC2CNc3ccccc32)CCC1O. The zero-order valence-corrected chi connectivity index (χ0v) is 11.9. The van der Waals surface area contributed by atoms with E-state index in [4.69, 9.17) is 0 Å². The van der Waals surface area contributed by atoms with E-state index in [1.54, 1.807) is 0 Å². The Morgan fingerprint density at radius 2 is 2.25 bits per heavy atom. The summed E-state index contributed by atoms with van der Waals surface area (Å²) in [4.78, 5) is 14.3. The van der Waals surface area contributed by atoms with Gasteiger partial charge in [-0.1, -0.05) is 25.1 Å². The molecule has 20 heavy (non-hydrogen) atoms. The molecule has 4 heteroatoms. The number of nitrogens with zero attached hydrogens (tertiary/aromatic N) is 1. The van der Waals surface area contributed by atoms with Crippen molar-refractivity contribution in [3.63, 3.8) is 0 Å². The van der Waals surface area contributed by atoms with Gasteiger partial charge in [0, 0.05) is 37.7 Å². The highest BCUT2D eigenvalue weighted by Crippen LogP contribution is 2.33. The number of piperidine rings is 1. The number of aliphatic hydroxyl groups is 1.